The summed E-state index contributed by atoms with van der Waals surface area (Å²) in [7, 11) is 1.25. The fraction of sp³-hybridized carbons (Fsp3) is 0.353. The van der Waals surface area contributed by atoms with Crippen LogP contribution in [0.1, 0.15) is 41.5 Å². The number of hydrogen-bond acceptors (Lipinski definition) is 6. The van der Waals surface area contributed by atoms with Crippen molar-refractivity contribution in [1.29, 1.82) is 0 Å². The molecule has 1 aliphatic heterocycles. The summed E-state index contributed by atoms with van der Waals surface area (Å²) in [5.41, 5.74) is -0.683. The monoisotopic (exact) mass is 346 g/mol. The number of imide groups is 1. The Labute approximate surface area is 143 Å². The van der Waals surface area contributed by atoms with Gasteiger partial charge in [-0.15, -0.1) is 0 Å². The lowest BCUT2D eigenvalue weighted by Gasteiger charge is -2.18. The zero-order valence-corrected chi connectivity index (χ0v) is 14.1. The molecule has 2 aromatic rings. The Morgan fingerprint density at radius 1 is 1.40 bits per heavy atom. The van der Waals surface area contributed by atoms with Gasteiger partial charge < -0.3 is 18.9 Å². The number of esters is 1. The van der Waals surface area contributed by atoms with E-state index in [2.05, 4.69) is 10.1 Å². The molecule has 8 heteroatoms. The molecule has 132 valence electrons. The van der Waals surface area contributed by atoms with E-state index in [4.69, 9.17) is 8.83 Å². The van der Waals surface area contributed by atoms with Gasteiger partial charge in [-0.25, -0.2) is 9.59 Å². The molecule has 1 atom stereocenters. The number of carbonyl (C=O) groups is 3. The first-order valence-electron chi connectivity index (χ1n) is 7.78. The van der Waals surface area contributed by atoms with Gasteiger partial charge >= 0.3 is 12.0 Å². The maximum Gasteiger partial charge on any atom is 0.373 e. The highest BCUT2D eigenvalue weighted by atomic mass is 16.5. The van der Waals surface area contributed by atoms with Crippen molar-refractivity contribution in [3.8, 4) is 0 Å². The molecular formula is C17H18N2O6. The molecule has 1 fully saturated rings. The number of nitrogens with one attached hydrogen (secondary N) is 1. The van der Waals surface area contributed by atoms with Crippen LogP contribution in [-0.2, 0) is 28.0 Å². The zero-order chi connectivity index (χ0) is 18.2. The Hall–Kier alpha value is -3.03. The molecule has 0 saturated carbocycles. The first-order valence-corrected chi connectivity index (χ1v) is 7.78. The van der Waals surface area contributed by atoms with Crippen molar-refractivity contribution in [1.82, 2.24) is 10.2 Å². The summed E-state index contributed by atoms with van der Waals surface area (Å²) in [6, 6.07) is 4.24. The Kier molecular flexibility index (Phi) is 4.12. The summed E-state index contributed by atoms with van der Waals surface area (Å²) in [5.74, 6) is -0.136. The first-order chi connectivity index (χ1) is 11.9. The van der Waals surface area contributed by atoms with Crippen LogP contribution in [0.4, 0.5) is 4.79 Å². The minimum absolute atomic E-state index is 0.00929. The second-order valence-electron chi connectivity index (χ2n) is 5.83. The second-order valence-corrected chi connectivity index (χ2v) is 5.83. The predicted octanol–water partition coefficient (Wildman–Crippen LogP) is 2.19. The molecule has 0 spiro atoms. The number of amides is 3. The van der Waals surface area contributed by atoms with Crippen molar-refractivity contribution in [3.05, 3.63) is 47.3 Å². The molecule has 8 nitrogen and oxygen atoms in total. The van der Waals surface area contributed by atoms with Crippen molar-refractivity contribution in [2.75, 3.05) is 7.11 Å². The van der Waals surface area contributed by atoms with Crippen LogP contribution in [0, 0.1) is 0 Å². The van der Waals surface area contributed by atoms with Gasteiger partial charge in [0.05, 0.1) is 19.9 Å². The smallest absolute Gasteiger partial charge is 0.373 e. The van der Waals surface area contributed by atoms with Gasteiger partial charge in [0.1, 0.15) is 11.5 Å². The highest BCUT2D eigenvalue weighted by Crippen LogP contribution is 2.31. The molecule has 1 saturated heterocycles. The highest BCUT2D eigenvalue weighted by molar-refractivity contribution is 6.06. The van der Waals surface area contributed by atoms with Gasteiger partial charge in [-0.3, -0.25) is 9.69 Å². The van der Waals surface area contributed by atoms with E-state index >= 15 is 0 Å². The molecule has 0 aromatic carbocycles. The average molecular weight is 346 g/mol. The standard InChI is InChI=1S/C17H18N2O6/c1-4-11-10(8-12(25-11)14(20)23-3)9-19-15(21)17(2,18-16(19)22)13-6-5-7-24-13/h5-8H,4,9H2,1-3H3,(H,18,22). The normalized spacial score (nSPS) is 20.0. The second kappa shape index (κ2) is 6.12. The SMILES string of the molecule is CCc1oc(C(=O)OC)cc1CN1C(=O)NC(C)(c2ccco2)C1=O. The number of aryl methyl sites for hydroxylation is 1. The molecule has 1 unspecified atom stereocenters. The van der Waals surface area contributed by atoms with Crippen LogP contribution in [0.15, 0.2) is 33.3 Å². The Balaban J connectivity index is 1.88. The number of methoxy groups -OCH3 is 1. The van der Waals surface area contributed by atoms with Crippen LogP contribution in [-0.4, -0.2) is 29.9 Å². The third-order valence-corrected chi connectivity index (χ3v) is 4.22. The summed E-state index contributed by atoms with van der Waals surface area (Å²) in [6.45, 7) is 3.43. The van der Waals surface area contributed by atoms with Gasteiger partial charge in [0.15, 0.2) is 5.54 Å². The average Bonchev–Trinajstić information content (AvgIpc) is 3.31. The summed E-state index contributed by atoms with van der Waals surface area (Å²) in [5, 5.41) is 2.65. The van der Waals surface area contributed by atoms with E-state index in [-0.39, 0.29) is 12.3 Å². The van der Waals surface area contributed by atoms with E-state index in [0.29, 0.717) is 23.5 Å². The summed E-state index contributed by atoms with van der Waals surface area (Å²) in [6.07, 6.45) is 1.95. The van der Waals surface area contributed by atoms with Crippen LogP contribution in [0.25, 0.3) is 0 Å². The maximum atomic E-state index is 12.8. The lowest BCUT2D eigenvalue weighted by molar-refractivity contribution is -0.132. The van der Waals surface area contributed by atoms with Gasteiger partial charge in [-0.2, -0.15) is 0 Å². The number of nitrogens with zero attached hydrogens (tertiary/aromatic N) is 1. The number of rotatable bonds is 5. The van der Waals surface area contributed by atoms with Crippen molar-refractivity contribution in [2.45, 2.75) is 32.4 Å². The van der Waals surface area contributed by atoms with E-state index in [1.54, 1.807) is 19.1 Å². The molecule has 1 aliphatic rings. The van der Waals surface area contributed by atoms with Crippen molar-refractivity contribution < 1.29 is 28.0 Å². The van der Waals surface area contributed by atoms with Gasteiger partial charge in [0.25, 0.3) is 5.91 Å². The number of urea groups is 1. The fourth-order valence-electron chi connectivity index (χ4n) is 2.84. The number of carbonyl (C=O) groups excluding carboxylic acids is 3. The molecule has 2 aromatic heterocycles. The fourth-order valence-corrected chi connectivity index (χ4v) is 2.84. The number of ether oxygens (including phenoxy) is 1. The van der Waals surface area contributed by atoms with Crippen molar-refractivity contribution in [3.63, 3.8) is 0 Å². The van der Waals surface area contributed by atoms with Crippen LogP contribution >= 0.6 is 0 Å². The van der Waals surface area contributed by atoms with Gasteiger partial charge in [-0.1, -0.05) is 6.92 Å². The lowest BCUT2D eigenvalue weighted by Crippen LogP contribution is -2.40. The van der Waals surface area contributed by atoms with Crippen LogP contribution in [0.2, 0.25) is 0 Å². The molecule has 0 radical (unpaired) electrons. The summed E-state index contributed by atoms with van der Waals surface area (Å²) in [4.78, 5) is 37.8. The Morgan fingerprint density at radius 2 is 2.16 bits per heavy atom. The van der Waals surface area contributed by atoms with Crippen molar-refractivity contribution in [2.24, 2.45) is 0 Å². The van der Waals surface area contributed by atoms with Crippen LogP contribution in [0.5, 0.6) is 0 Å². The third-order valence-electron chi connectivity index (χ3n) is 4.22. The molecule has 0 bridgehead atoms. The quantitative estimate of drug-likeness (QED) is 0.658. The van der Waals surface area contributed by atoms with E-state index < -0.39 is 23.4 Å². The van der Waals surface area contributed by atoms with Gasteiger partial charge in [0.2, 0.25) is 5.76 Å². The zero-order valence-electron chi connectivity index (χ0n) is 14.1. The van der Waals surface area contributed by atoms with Gasteiger partial charge in [-0.05, 0) is 25.1 Å². The number of furan rings is 2. The third kappa shape index (κ3) is 2.69. The minimum atomic E-state index is -1.26. The predicted molar refractivity (Wildman–Crippen MR) is 84.6 cm³/mol. The van der Waals surface area contributed by atoms with Crippen LogP contribution in [0.3, 0.4) is 0 Å². The molecule has 0 aliphatic carbocycles. The van der Waals surface area contributed by atoms with E-state index in [9.17, 15) is 14.4 Å². The summed E-state index contributed by atoms with van der Waals surface area (Å²) < 4.78 is 15.4. The molecule has 3 rings (SSSR count). The maximum absolute atomic E-state index is 12.8. The van der Waals surface area contributed by atoms with Gasteiger partial charge in [0, 0.05) is 12.0 Å². The molecule has 1 N–H and O–H groups in total. The topological polar surface area (TPSA) is 102 Å². The summed E-state index contributed by atoms with van der Waals surface area (Å²) >= 11 is 0. The lowest BCUT2D eigenvalue weighted by atomic mass is 9.99. The number of hydrogen-bond donors (Lipinski definition) is 1. The van der Waals surface area contributed by atoms with E-state index in [1.165, 1.54) is 19.4 Å². The molecule has 25 heavy (non-hydrogen) atoms. The first kappa shape index (κ1) is 16.8. The van der Waals surface area contributed by atoms with E-state index in [0.717, 1.165) is 4.90 Å². The van der Waals surface area contributed by atoms with Crippen LogP contribution < -0.4 is 5.32 Å². The Morgan fingerprint density at radius 3 is 2.76 bits per heavy atom. The largest absolute Gasteiger partial charge is 0.466 e. The van der Waals surface area contributed by atoms with E-state index in [1.807, 2.05) is 6.92 Å². The molecule has 3 amide bonds. The molecule has 3 heterocycles. The van der Waals surface area contributed by atoms with Crippen molar-refractivity contribution >= 4 is 17.9 Å². The molecular weight excluding hydrogens is 328 g/mol. The highest BCUT2D eigenvalue weighted by Gasteiger charge is 2.51. The Bertz CT molecular complexity index is 822. The minimum Gasteiger partial charge on any atom is -0.466 e.